The maximum absolute atomic E-state index is 5.08. The van der Waals surface area contributed by atoms with Gasteiger partial charge in [-0.2, -0.15) is 10.1 Å². The van der Waals surface area contributed by atoms with E-state index in [1.54, 1.807) is 19.4 Å². The average Bonchev–Trinajstić information content (AvgIpc) is 2.78. The lowest BCUT2D eigenvalue weighted by atomic mass is 10.1. The Hall–Kier alpha value is -2.18. The summed E-state index contributed by atoms with van der Waals surface area (Å²) in [6.07, 6.45) is 3.60. The number of methoxy groups -OCH3 is 1. The third-order valence-electron chi connectivity index (χ3n) is 3.14. The second-order valence-corrected chi connectivity index (χ2v) is 4.56. The minimum Gasteiger partial charge on any atom is -0.481 e. The molecule has 100 valence electrons. The van der Waals surface area contributed by atoms with E-state index < -0.39 is 0 Å². The molecule has 0 spiro atoms. The zero-order valence-corrected chi connectivity index (χ0v) is 11.0. The fourth-order valence-corrected chi connectivity index (χ4v) is 2.26. The van der Waals surface area contributed by atoms with Crippen LogP contribution in [0.1, 0.15) is 18.1 Å². The summed E-state index contributed by atoms with van der Waals surface area (Å²) < 4.78 is 7.04. The standard InChI is InChI=1S/C12H16N6O/c1-8-14-10-4-3-9(7-18(10)17-8)15-12-13-6-5-11(16-12)19-2/h5-6,9H,3-4,7H2,1-2H3,(H,13,15,16). The number of aromatic nitrogens is 5. The molecule has 0 amide bonds. The summed E-state index contributed by atoms with van der Waals surface area (Å²) in [6, 6.07) is 1.99. The van der Waals surface area contributed by atoms with E-state index >= 15 is 0 Å². The first-order valence-corrected chi connectivity index (χ1v) is 6.28. The van der Waals surface area contributed by atoms with Crippen LogP contribution in [0.5, 0.6) is 5.88 Å². The van der Waals surface area contributed by atoms with E-state index in [4.69, 9.17) is 4.74 Å². The van der Waals surface area contributed by atoms with Crippen molar-refractivity contribution >= 4 is 5.95 Å². The Morgan fingerprint density at radius 3 is 3.16 bits per heavy atom. The fraction of sp³-hybridized carbons (Fsp3) is 0.500. The number of nitrogens with one attached hydrogen (secondary N) is 1. The average molecular weight is 260 g/mol. The molecule has 0 saturated heterocycles. The van der Waals surface area contributed by atoms with Gasteiger partial charge >= 0.3 is 0 Å². The third-order valence-corrected chi connectivity index (χ3v) is 3.14. The maximum Gasteiger partial charge on any atom is 0.226 e. The first-order chi connectivity index (χ1) is 9.24. The highest BCUT2D eigenvalue weighted by molar-refractivity contribution is 5.29. The molecule has 1 atom stereocenters. The second kappa shape index (κ2) is 4.83. The molecule has 1 unspecified atom stereocenters. The topological polar surface area (TPSA) is 77.8 Å². The van der Waals surface area contributed by atoms with Gasteiger partial charge < -0.3 is 10.1 Å². The van der Waals surface area contributed by atoms with Crippen LogP contribution in [0.3, 0.4) is 0 Å². The molecule has 2 aromatic rings. The molecule has 0 saturated carbocycles. The van der Waals surface area contributed by atoms with Crippen molar-refractivity contribution < 1.29 is 4.74 Å². The molecular weight excluding hydrogens is 244 g/mol. The fourth-order valence-electron chi connectivity index (χ4n) is 2.26. The van der Waals surface area contributed by atoms with Gasteiger partial charge in [0.1, 0.15) is 11.6 Å². The van der Waals surface area contributed by atoms with Gasteiger partial charge in [0.15, 0.2) is 0 Å². The number of fused-ring (bicyclic) bond motifs is 1. The van der Waals surface area contributed by atoms with Crippen molar-refractivity contribution in [3.63, 3.8) is 0 Å². The van der Waals surface area contributed by atoms with Crippen LogP contribution in [-0.4, -0.2) is 37.9 Å². The highest BCUT2D eigenvalue weighted by atomic mass is 16.5. The van der Waals surface area contributed by atoms with Crippen molar-refractivity contribution in [1.82, 2.24) is 24.7 Å². The Kier molecular flexibility index (Phi) is 3.02. The molecule has 1 N–H and O–H groups in total. The first-order valence-electron chi connectivity index (χ1n) is 6.28. The third kappa shape index (κ3) is 2.49. The summed E-state index contributed by atoms with van der Waals surface area (Å²) in [5.74, 6) is 3.03. The first kappa shape index (κ1) is 11.9. The van der Waals surface area contributed by atoms with Crippen LogP contribution in [0, 0.1) is 6.92 Å². The zero-order valence-electron chi connectivity index (χ0n) is 11.0. The minimum atomic E-state index is 0.265. The summed E-state index contributed by atoms with van der Waals surface area (Å²) in [5, 5.41) is 7.69. The van der Waals surface area contributed by atoms with E-state index in [0.717, 1.165) is 31.0 Å². The van der Waals surface area contributed by atoms with E-state index in [2.05, 4.69) is 25.4 Å². The molecule has 0 bridgehead atoms. The Bertz CT molecular complexity index is 581. The van der Waals surface area contributed by atoms with Crippen LogP contribution >= 0.6 is 0 Å². The van der Waals surface area contributed by atoms with Crippen molar-refractivity contribution in [3.8, 4) is 5.88 Å². The second-order valence-electron chi connectivity index (χ2n) is 4.56. The van der Waals surface area contributed by atoms with E-state index in [1.807, 2.05) is 11.6 Å². The minimum absolute atomic E-state index is 0.265. The molecule has 0 radical (unpaired) electrons. The number of hydrogen-bond acceptors (Lipinski definition) is 6. The van der Waals surface area contributed by atoms with Gasteiger partial charge in [0.05, 0.1) is 13.7 Å². The molecule has 1 aliphatic heterocycles. The molecule has 0 aromatic carbocycles. The van der Waals surface area contributed by atoms with Gasteiger partial charge in [0.2, 0.25) is 11.8 Å². The zero-order chi connectivity index (χ0) is 13.2. The number of rotatable bonds is 3. The van der Waals surface area contributed by atoms with E-state index in [0.29, 0.717) is 11.8 Å². The van der Waals surface area contributed by atoms with Crippen molar-refractivity contribution in [2.75, 3.05) is 12.4 Å². The van der Waals surface area contributed by atoms with Gasteiger partial charge in [-0.3, -0.25) is 0 Å². The summed E-state index contributed by atoms with van der Waals surface area (Å²) in [7, 11) is 1.59. The Morgan fingerprint density at radius 1 is 1.42 bits per heavy atom. The normalized spacial score (nSPS) is 17.9. The van der Waals surface area contributed by atoms with Gasteiger partial charge in [0, 0.05) is 24.7 Å². The molecule has 19 heavy (non-hydrogen) atoms. The summed E-state index contributed by atoms with van der Waals surface area (Å²) in [4.78, 5) is 12.8. The number of ether oxygens (including phenoxy) is 1. The molecule has 0 aliphatic carbocycles. The van der Waals surface area contributed by atoms with Gasteiger partial charge in [0.25, 0.3) is 0 Å². The number of anilines is 1. The molecule has 3 heterocycles. The van der Waals surface area contributed by atoms with Crippen molar-refractivity contribution in [2.45, 2.75) is 32.4 Å². The Balaban J connectivity index is 1.71. The van der Waals surface area contributed by atoms with E-state index in [1.165, 1.54) is 0 Å². The number of aryl methyl sites for hydroxylation is 2. The van der Waals surface area contributed by atoms with Crippen LogP contribution < -0.4 is 10.1 Å². The highest BCUT2D eigenvalue weighted by Crippen LogP contribution is 2.16. The quantitative estimate of drug-likeness (QED) is 0.880. The summed E-state index contributed by atoms with van der Waals surface area (Å²) >= 11 is 0. The highest BCUT2D eigenvalue weighted by Gasteiger charge is 2.21. The summed E-state index contributed by atoms with van der Waals surface area (Å²) in [5.41, 5.74) is 0. The molecule has 1 aliphatic rings. The van der Waals surface area contributed by atoms with Crippen LogP contribution in [0.2, 0.25) is 0 Å². The largest absolute Gasteiger partial charge is 0.481 e. The number of nitrogens with zero attached hydrogens (tertiary/aromatic N) is 5. The lowest BCUT2D eigenvalue weighted by Crippen LogP contribution is -2.32. The van der Waals surface area contributed by atoms with Crippen LogP contribution in [0.25, 0.3) is 0 Å². The van der Waals surface area contributed by atoms with Gasteiger partial charge in [-0.25, -0.2) is 14.6 Å². The molecule has 7 heteroatoms. The predicted molar refractivity (Wildman–Crippen MR) is 69.1 cm³/mol. The smallest absolute Gasteiger partial charge is 0.226 e. The molecule has 2 aromatic heterocycles. The monoisotopic (exact) mass is 260 g/mol. The van der Waals surface area contributed by atoms with Crippen molar-refractivity contribution in [3.05, 3.63) is 23.9 Å². The predicted octanol–water partition coefficient (Wildman–Crippen LogP) is 0.812. The molecule has 3 rings (SSSR count). The maximum atomic E-state index is 5.08. The van der Waals surface area contributed by atoms with Crippen molar-refractivity contribution in [1.29, 1.82) is 0 Å². The number of hydrogen-bond donors (Lipinski definition) is 1. The van der Waals surface area contributed by atoms with Crippen LogP contribution in [0.15, 0.2) is 12.3 Å². The lowest BCUT2D eigenvalue weighted by molar-refractivity contribution is 0.396. The van der Waals surface area contributed by atoms with Crippen LogP contribution in [0.4, 0.5) is 5.95 Å². The van der Waals surface area contributed by atoms with Crippen LogP contribution in [-0.2, 0) is 13.0 Å². The lowest BCUT2D eigenvalue weighted by Gasteiger charge is -2.23. The Morgan fingerprint density at radius 2 is 2.32 bits per heavy atom. The molecular formula is C12H16N6O. The SMILES string of the molecule is COc1ccnc(NC2CCc3nc(C)nn3C2)n1. The van der Waals surface area contributed by atoms with Gasteiger partial charge in [-0.05, 0) is 13.3 Å². The summed E-state index contributed by atoms with van der Waals surface area (Å²) in [6.45, 7) is 2.70. The van der Waals surface area contributed by atoms with E-state index in [9.17, 15) is 0 Å². The molecule has 0 fully saturated rings. The van der Waals surface area contributed by atoms with Gasteiger partial charge in [-0.15, -0.1) is 0 Å². The Labute approximate surface area is 111 Å². The van der Waals surface area contributed by atoms with Gasteiger partial charge in [-0.1, -0.05) is 0 Å². The van der Waals surface area contributed by atoms with E-state index in [-0.39, 0.29) is 6.04 Å². The van der Waals surface area contributed by atoms with Crippen molar-refractivity contribution in [2.24, 2.45) is 0 Å². The molecule has 7 nitrogen and oxygen atoms in total.